The summed E-state index contributed by atoms with van der Waals surface area (Å²) in [5.74, 6) is 0.143. The maximum Gasteiger partial charge on any atom is 0.226 e. The monoisotopic (exact) mass is 269 g/mol. The molecule has 0 bridgehead atoms. The Morgan fingerprint density at radius 1 is 1.44 bits per heavy atom. The van der Waals surface area contributed by atoms with Crippen molar-refractivity contribution in [1.29, 1.82) is 0 Å². The second-order valence-electron chi connectivity index (χ2n) is 4.98. The van der Waals surface area contributed by atoms with Crippen molar-refractivity contribution in [3.8, 4) is 0 Å². The molecule has 1 amide bonds. The van der Waals surface area contributed by atoms with Crippen LogP contribution in [0.4, 0.5) is 4.39 Å². The van der Waals surface area contributed by atoms with Crippen molar-refractivity contribution in [1.82, 2.24) is 4.90 Å². The number of carbonyl (C=O) groups is 1. The zero-order chi connectivity index (χ0) is 13.1. The molecule has 0 saturated heterocycles. The van der Waals surface area contributed by atoms with Gasteiger partial charge in [0, 0.05) is 19.0 Å². The maximum absolute atomic E-state index is 13.4. The number of halogens is 2. The molecule has 2 rings (SSSR count). The Labute approximate surface area is 112 Å². The highest BCUT2D eigenvalue weighted by molar-refractivity contribution is 6.21. The molecule has 1 fully saturated rings. The summed E-state index contributed by atoms with van der Waals surface area (Å²) in [5.41, 5.74) is 0.457. The predicted octanol–water partition coefficient (Wildman–Crippen LogP) is 2.84. The fourth-order valence-corrected chi connectivity index (χ4v) is 2.74. The predicted molar refractivity (Wildman–Crippen MR) is 70.1 cm³/mol. The van der Waals surface area contributed by atoms with Crippen molar-refractivity contribution >= 4 is 17.5 Å². The van der Waals surface area contributed by atoms with Gasteiger partial charge in [0.1, 0.15) is 5.82 Å². The smallest absolute Gasteiger partial charge is 0.226 e. The van der Waals surface area contributed by atoms with E-state index in [0.717, 1.165) is 19.4 Å². The molecule has 1 aromatic carbocycles. The molecule has 0 spiro atoms. The molecule has 1 aromatic rings. The highest BCUT2D eigenvalue weighted by Crippen LogP contribution is 2.32. The van der Waals surface area contributed by atoms with E-state index in [0.29, 0.717) is 11.5 Å². The van der Waals surface area contributed by atoms with E-state index in [4.69, 9.17) is 11.6 Å². The van der Waals surface area contributed by atoms with Crippen molar-refractivity contribution in [3.63, 3.8) is 0 Å². The van der Waals surface area contributed by atoms with Crippen molar-refractivity contribution in [3.05, 3.63) is 35.6 Å². The molecule has 18 heavy (non-hydrogen) atoms. The lowest BCUT2D eigenvalue weighted by atomic mass is 9.84. The number of rotatable bonds is 4. The van der Waals surface area contributed by atoms with Crippen LogP contribution in [0.2, 0.25) is 0 Å². The Balaban J connectivity index is 1.86. The minimum Gasteiger partial charge on any atom is -0.345 e. The Hall–Kier alpha value is -1.09. The van der Waals surface area contributed by atoms with Gasteiger partial charge in [-0.05, 0) is 30.4 Å². The highest BCUT2D eigenvalue weighted by atomic mass is 35.5. The Morgan fingerprint density at radius 3 is 2.72 bits per heavy atom. The molecular weight excluding hydrogens is 253 g/mol. The average Bonchev–Trinajstić information content (AvgIpc) is 2.30. The first-order chi connectivity index (χ1) is 8.56. The second kappa shape index (κ2) is 5.70. The molecule has 4 heteroatoms. The lowest BCUT2D eigenvalue weighted by molar-refractivity contribution is -0.130. The van der Waals surface area contributed by atoms with Gasteiger partial charge in [-0.2, -0.15) is 0 Å². The topological polar surface area (TPSA) is 20.3 Å². The van der Waals surface area contributed by atoms with Gasteiger partial charge in [-0.25, -0.2) is 4.39 Å². The van der Waals surface area contributed by atoms with E-state index in [1.54, 1.807) is 30.1 Å². The molecule has 1 aliphatic rings. The average molecular weight is 270 g/mol. The first-order valence-electron chi connectivity index (χ1n) is 6.17. The van der Waals surface area contributed by atoms with Crippen molar-refractivity contribution < 1.29 is 9.18 Å². The number of carbonyl (C=O) groups excluding carboxylic acids is 1. The van der Waals surface area contributed by atoms with Crippen LogP contribution in [-0.2, 0) is 11.2 Å². The van der Waals surface area contributed by atoms with Crippen LogP contribution in [-0.4, -0.2) is 29.8 Å². The van der Waals surface area contributed by atoms with Gasteiger partial charge >= 0.3 is 0 Å². The number of hydrogen-bond donors (Lipinski definition) is 0. The molecule has 0 N–H and O–H groups in total. The lowest BCUT2D eigenvalue weighted by Gasteiger charge is -2.34. The Kier molecular flexibility index (Phi) is 4.23. The van der Waals surface area contributed by atoms with Crippen LogP contribution in [0.15, 0.2) is 24.3 Å². The van der Waals surface area contributed by atoms with Gasteiger partial charge in [0.15, 0.2) is 0 Å². The van der Waals surface area contributed by atoms with Crippen LogP contribution in [0.25, 0.3) is 0 Å². The van der Waals surface area contributed by atoms with Crippen molar-refractivity contribution in [2.45, 2.75) is 24.6 Å². The van der Waals surface area contributed by atoms with Crippen molar-refractivity contribution in [2.24, 2.45) is 5.92 Å². The molecule has 0 atom stereocenters. The van der Waals surface area contributed by atoms with Gasteiger partial charge < -0.3 is 4.90 Å². The molecule has 1 aliphatic carbocycles. The van der Waals surface area contributed by atoms with Crippen LogP contribution >= 0.6 is 11.6 Å². The number of likely N-dealkylation sites (N-methyl/N-ethyl adjacent to an activating group) is 1. The number of benzene rings is 1. The van der Waals surface area contributed by atoms with E-state index < -0.39 is 0 Å². The summed E-state index contributed by atoms with van der Waals surface area (Å²) in [4.78, 5) is 13.6. The van der Waals surface area contributed by atoms with Crippen molar-refractivity contribution in [2.75, 3.05) is 13.6 Å². The fourth-order valence-electron chi connectivity index (χ4n) is 2.23. The zero-order valence-electron chi connectivity index (χ0n) is 10.4. The van der Waals surface area contributed by atoms with Gasteiger partial charge in [-0.15, -0.1) is 11.6 Å². The zero-order valence-corrected chi connectivity index (χ0v) is 11.2. The quantitative estimate of drug-likeness (QED) is 0.770. The lowest BCUT2D eigenvalue weighted by Crippen LogP contribution is -2.38. The third kappa shape index (κ3) is 3.22. The van der Waals surface area contributed by atoms with Gasteiger partial charge in [0.05, 0.1) is 6.42 Å². The molecule has 0 aromatic heterocycles. The van der Waals surface area contributed by atoms with Gasteiger partial charge in [0.2, 0.25) is 5.91 Å². The summed E-state index contributed by atoms with van der Waals surface area (Å²) in [7, 11) is 1.77. The van der Waals surface area contributed by atoms with Crippen LogP contribution in [0.1, 0.15) is 18.4 Å². The van der Waals surface area contributed by atoms with Gasteiger partial charge in [-0.1, -0.05) is 18.2 Å². The molecule has 0 radical (unpaired) electrons. The first-order valence-corrected chi connectivity index (χ1v) is 6.61. The number of amides is 1. The molecule has 0 unspecified atom stereocenters. The van der Waals surface area contributed by atoms with E-state index in [2.05, 4.69) is 0 Å². The highest BCUT2D eigenvalue weighted by Gasteiger charge is 2.29. The largest absolute Gasteiger partial charge is 0.345 e. The first kappa shape index (κ1) is 13.3. The van der Waals surface area contributed by atoms with E-state index >= 15 is 0 Å². The van der Waals surface area contributed by atoms with E-state index in [1.165, 1.54) is 6.07 Å². The standard InChI is InChI=1S/C14H17ClFNO/c1-17(9-10-6-12(15)7-10)14(18)8-11-4-2-3-5-13(11)16/h2-5,10,12H,6-9H2,1H3. The second-order valence-corrected chi connectivity index (χ2v) is 5.59. The van der Waals surface area contributed by atoms with Gasteiger partial charge in [-0.3, -0.25) is 4.79 Å². The Bertz CT molecular complexity index is 432. The third-order valence-corrected chi connectivity index (χ3v) is 3.79. The SMILES string of the molecule is CN(CC1CC(Cl)C1)C(=O)Cc1ccccc1F. The van der Waals surface area contributed by atoms with Crippen LogP contribution in [0, 0.1) is 11.7 Å². The minimum atomic E-state index is -0.316. The summed E-state index contributed by atoms with van der Waals surface area (Å²) in [6.07, 6.45) is 2.07. The summed E-state index contributed by atoms with van der Waals surface area (Å²) in [5, 5.41) is 0.269. The van der Waals surface area contributed by atoms with Crippen LogP contribution in [0.5, 0.6) is 0 Å². The van der Waals surface area contributed by atoms with E-state index in [-0.39, 0.29) is 23.5 Å². The Morgan fingerprint density at radius 2 is 2.11 bits per heavy atom. The molecule has 2 nitrogen and oxygen atoms in total. The minimum absolute atomic E-state index is 0.0434. The molecule has 1 saturated carbocycles. The van der Waals surface area contributed by atoms with Crippen LogP contribution in [0.3, 0.4) is 0 Å². The van der Waals surface area contributed by atoms with E-state index in [1.807, 2.05) is 0 Å². The third-order valence-electron chi connectivity index (χ3n) is 3.44. The summed E-state index contributed by atoms with van der Waals surface area (Å²) in [6, 6.07) is 6.41. The van der Waals surface area contributed by atoms with Gasteiger partial charge in [0.25, 0.3) is 0 Å². The normalized spacial score (nSPS) is 22.4. The molecule has 0 aliphatic heterocycles. The number of alkyl halides is 1. The summed E-state index contributed by atoms with van der Waals surface area (Å²) < 4.78 is 13.4. The summed E-state index contributed by atoms with van der Waals surface area (Å²) >= 11 is 5.90. The van der Waals surface area contributed by atoms with E-state index in [9.17, 15) is 9.18 Å². The maximum atomic E-state index is 13.4. The molecule has 0 heterocycles. The molecule has 98 valence electrons. The number of nitrogens with zero attached hydrogens (tertiary/aromatic N) is 1. The molecular formula is C14H17ClFNO. The van der Waals surface area contributed by atoms with Crippen LogP contribution < -0.4 is 0 Å². The number of hydrogen-bond acceptors (Lipinski definition) is 1. The fraction of sp³-hybridized carbons (Fsp3) is 0.500. The summed E-state index contributed by atoms with van der Waals surface area (Å²) in [6.45, 7) is 0.719.